The Morgan fingerprint density at radius 2 is 1.94 bits per heavy atom. The Bertz CT molecular complexity index is 1210. The van der Waals surface area contributed by atoms with Crippen molar-refractivity contribution in [2.24, 2.45) is 0 Å². The Kier molecular flexibility index (Phi) is 7.59. The monoisotopic (exact) mass is 498 g/mol. The van der Waals surface area contributed by atoms with Gasteiger partial charge in [-0.2, -0.15) is 0 Å². The van der Waals surface area contributed by atoms with Crippen LogP contribution in [-0.2, 0) is 27.1 Å². The van der Waals surface area contributed by atoms with Crippen LogP contribution in [0.25, 0.3) is 0 Å². The number of aromatic nitrogens is 1. The lowest BCUT2D eigenvalue weighted by Crippen LogP contribution is -2.22. The minimum atomic E-state index is -0.693. The number of benzene rings is 1. The van der Waals surface area contributed by atoms with E-state index in [1.807, 2.05) is 18.2 Å². The zero-order valence-corrected chi connectivity index (χ0v) is 20.1. The molecule has 0 aliphatic heterocycles. The Balaban J connectivity index is 1.49. The minimum absolute atomic E-state index is 0.149. The molecule has 1 aliphatic carbocycles. The molecule has 1 unspecified atom stereocenters. The van der Waals surface area contributed by atoms with Crippen LogP contribution >= 0.6 is 22.9 Å². The maximum absolute atomic E-state index is 12.7. The standard InChI is InChI=1S/C25H23ClN2O5S/c1-2-32-25(31)22-18-9-8-16(15-6-4-3-5-7-15)12-19(18)34-23(22)28-21(29)14-33-24(30)17-10-11-27-20(26)13-17/h3-7,10-11,13,16H,2,8-9,12,14H2,1H3,(H,28,29). The normalized spacial score (nSPS) is 14.7. The van der Waals surface area contributed by atoms with Crippen LogP contribution in [0.1, 0.15) is 56.0 Å². The van der Waals surface area contributed by atoms with Gasteiger partial charge < -0.3 is 14.8 Å². The van der Waals surface area contributed by atoms with Crippen LogP contribution in [-0.4, -0.2) is 36.0 Å². The number of hydrogen-bond donors (Lipinski definition) is 1. The molecule has 0 spiro atoms. The largest absolute Gasteiger partial charge is 0.462 e. The molecule has 4 rings (SSSR count). The van der Waals surface area contributed by atoms with Gasteiger partial charge in [0.25, 0.3) is 5.91 Å². The SMILES string of the molecule is CCOC(=O)c1c(NC(=O)COC(=O)c2ccnc(Cl)c2)sc2c1CCC(c1ccccc1)C2. The number of nitrogens with zero attached hydrogens (tertiary/aromatic N) is 1. The number of pyridine rings is 1. The van der Waals surface area contributed by atoms with Crippen molar-refractivity contribution < 1.29 is 23.9 Å². The zero-order chi connectivity index (χ0) is 24.1. The molecule has 2 aromatic heterocycles. The molecule has 0 bridgehead atoms. The molecule has 1 aromatic carbocycles. The maximum Gasteiger partial charge on any atom is 0.341 e. The second kappa shape index (κ2) is 10.8. The molecule has 1 N–H and O–H groups in total. The smallest absolute Gasteiger partial charge is 0.341 e. The third-order valence-electron chi connectivity index (χ3n) is 5.57. The number of ether oxygens (including phenoxy) is 2. The fraction of sp³-hybridized carbons (Fsp3) is 0.280. The van der Waals surface area contributed by atoms with Crippen molar-refractivity contribution in [3.8, 4) is 0 Å². The molecule has 176 valence electrons. The number of nitrogens with one attached hydrogen (secondary N) is 1. The van der Waals surface area contributed by atoms with Gasteiger partial charge in [-0.05, 0) is 55.4 Å². The highest BCUT2D eigenvalue weighted by Gasteiger charge is 2.31. The average Bonchev–Trinajstić information content (AvgIpc) is 3.20. The quantitative estimate of drug-likeness (QED) is 0.362. The molecule has 0 fully saturated rings. The summed E-state index contributed by atoms with van der Waals surface area (Å²) < 4.78 is 10.4. The first-order valence-electron chi connectivity index (χ1n) is 10.9. The summed E-state index contributed by atoms with van der Waals surface area (Å²) in [5.74, 6) is -1.35. The van der Waals surface area contributed by atoms with Gasteiger partial charge in [0.15, 0.2) is 6.61 Å². The summed E-state index contributed by atoms with van der Waals surface area (Å²) >= 11 is 7.17. The Morgan fingerprint density at radius 3 is 2.68 bits per heavy atom. The van der Waals surface area contributed by atoms with Crippen molar-refractivity contribution in [3.63, 3.8) is 0 Å². The highest BCUT2D eigenvalue weighted by molar-refractivity contribution is 7.17. The second-order valence-corrected chi connectivity index (χ2v) is 9.26. The van der Waals surface area contributed by atoms with E-state index < -0.39 is 24.5 Å². The minimum Gasteiger partial charge on any atom is -0.462 e. The van der Waals surface area contributed by atoms with Gasteiger partial charge in [0.05, 0.1) is 17.7 Å². The number of hydrogen-bond acceptors (Lipinski definition) is 7. The number of anilines is 1. The number of carbonyl (C=O) groups is 3. The number of rotatable bonds is 7. The number of esters is 2. The fourth-order valence-electron chi connectivity index (χ4n) is 4.01. The van der Waals surface area contributed by atoms with Gasteiger partial charge in [-0.3, -0.25) is 4.79 Å². The van der Waals surface area contributed by atoms with Crippen LogP contribution in [0.4, 0.5) is 5.00 Å². The van der Waals surface area contributed by atoms with Gasteiger partial charge >= 0.3 is 11.9 Å². The van der Waals surface area contributed by atoms with Crippen molar-refractivity contribution in [2.45, 2.75) is 32.1 Å². The number of thiophene rings is 1. The average molecular weight is 499 g/mol. The van der Waals surface area contributed by atoms with Crippen molar-refractivity contribution in [1.29, 1.82) is 0 Å². The molecular formula is C25H23ClN2O5S. The van der Waals surface area contributed by atoms with E-state index in [1.165, 1.54) is 35.2 Å². The van der Waals surface area contributed by atoms with E-state index in [-0.39, 0.29) is 17.3 Å². The van der Waals surface area contributed by atoms with Gasteiger partial charge in [-0.25, -0.2) is 14.6 Å². The van der Waals surface area contributed by atoms with Crippen LogP contribution in [0.2, 0.25) is 5.15 Å². The maximum atomic E-state index is 12.7. The lowest BCUT2D eigenvalue weighted by Gasteiger charge is -2.23. The van der Waals surface area contributed by atoms with Gasteiger partial charge in [-0.1, -0.05) is 41.9 Å². The van der Waals surface area contributed by atoms with E-state index in [0.29, 0.717) is 22.9 Å². The van der Waals surface area contributed by atoms with Crippen molar-refractivity contribution in [2.75, 3.05) is 18.5 Å². The Hall–Kier alpha value is -3.23. The number of carbonyl (C=O) groups excluding carboxylic acids is 3. The van der Waals surface area contributed by atoms with Crippen molar-refractivity contribution in [3.05, 3.63) is 80.9 Å². The number of halogens is 1. The summed E-state index contributed by atoms with van der Waals surface area (Å²) in [7, 11) is 0. The molecule has 7 nitrogen and oxygen atoms in total. The van der Waals surface area contributed by atoms with Gasteiger partial charge in [-0.15, -0.1) is 11.3 Å². The first kappa shape index (κ1) is 23.9. The third kappa shape index (κ3) is 5.46. The van der Waals surface area contributed by atoms with Gasteiger partial charge in [0.2, 0.25) is 0 Å². The van der Waals surface area contributed by atoms with Crippen LogP contribution < -0.4 is 5.32 Å². The van der Waals surface area contributed by atoms with Crippen LogP contribution in [0.3, 0.4) is 0 Å². The molecule has 3 aromatic rings. The Morgan fingerprint density at radius 1 is 1.15 bits per heavy atom. The molecule has 1 amide bonds. The summed E-state index contributed by atoms with van der Waals surface area (Å²) in [6, 6.07) is 13.1. The van der Waals surface area contributed by atoms with E-state index >= 15 is 0 Å². The first-order chi connectivity index (χ1) is 16.5. The van der Waals surface area contributed by atoms with Crippen LogP contribution in [0, 0.1) is 0 Å². The molecule has 34 heavy (non-hydrogen) atoms. The molecule has 2 heterocycles. The predicted molar refractivity (Wildman–Crippen MR) is 130 cm³/mol. The summed E-state index contributed by atoms with van der Waals surface area (Å²) in [4.78, 5) is 42.4. The molecule has 1 aliphatic rings. The van der Waals surface area contributed by atoms with Crippen LogP contribution in [0.15, 0.2) is 48.7 Å². The zero-order valence-electron chi connectivity index (χ0n) is 18.5. The van der Waals surface area contributed by atoms with E-state index in [2.05, 4.69) is 22.4 Å². The van der Waals surface area contributed by atoms with E-state index in [0.717, 1.165) is 23.3 Å². The lowest BCUT2D eigenvalue weighted by molar-refractivity contribution is -0.119. The first-order valence-corrected chi connectivity index (χ1v) is 12.1. The molecule has 1 atom stereocenters. The molecule has 0 saturated carbocycles. The van der Waals surface area contributed by atoms with E-state index in [4.69, 9.17) is 21.1 Å². The topological polar surface area (TPSA) is 94.6 Å². The van der Waals surface area contributed by atoms with E-state index in [1.54, 1.807) is 6.92 Å². The predicted octanol–water partition coefficient (Wildman–Crippen LogP) is 5.04. The second-order valence-electron chi connectivity index (χ2n) is 7.77. The molecule has 0 saturated heterocycles. The van der Waals surface area contributed by atoms with Crippen molar-refractivity contribution in [1.82, 2.24) is 4.98 Å². The third-order valence-corrected chi connectivity index (χ3v) is 6.94. The molecule has 9 heteroatoms. The van der Waals surface area contributed by atoms with E-state index in [9.17, 15) is 14.4 Å². The molecular weight excluding hydrogens is 476 g/mol. The highest BCUT2D eigenvalue weighted by atomic mass is 35.5. The summed E-state index contributed by atoms with van der Waals surface area (Å²) in [5.41, 5.74) is 2.77. The molecule has 0 radical (unpaired) electrons. The summed E-state index contributed by atoms with van der Waals surface area (Å²) in [6.07, 6.45) is 3.78. The number of fused-ring (bicyclic) bond motifs is 1. The number of amides is 1. The highest BCUT2D eigenvalue weighted by Crippen LogP contribution is 2.42. The van der Waals surface area contributed by atoms with Gasteiger partial charge in [0.1, 0.15) is 10.2 Å². The van der Waals surface area contributed by atoms with Gasteiger partial charge in [0, 0.05) is 11.1 Å². The summed E-state index contributed by atoms with van der Waals surface area (Å²) in [5, 5.41) is 3.31. The van der Waals surface area contributed by atoms with Crippen LogP contribution in [0.5, 0.6) is 0 Å². The Labute approximate surface area is 206 Å². The lowest BCUT2D eigenvalue weighted by atomic mass is 9.83. The fourth-order valence-corrected chi connectivity index (χ4v) is 5.52. The van der Waals surface area contributed by atoms with Crippen molar-refractivity contribution >= 4 is 45.8 Å². The summed E-state index contributed by atoms with van der Waals surface area (Å²) in [6.45, 7) is 1.47.